The number of nitrogens with one attached hydrogen (secondary N) is 1. The van der Waals surface area contributed by atoms with Crippen molar-refractivity contribution in [2.45, 2.75) is 32.6 Å². The van der Waals surface area contributed by atoms with E-state index in [0.717, 1.165) is 17.7 Å². The number of hydrogen-bond donors (Lipinski definition) is 1. The molecule has 0 unspecified atom stereocenters. The van der Waals surface area contributed by atoms with Crippen molar-refractivity contribution in [2.75, 3.05) is 16.8 Å². The topological polar surface area (TPSA) is 49.4 Å². The lowest BCUT2D eigenvalue weighted by Gasteiger charge is -2.23. The standard InChI is InChI=1S/C21H22ClFN2O2/c1-3-13(2)16-6-4-5-7-19(16)25-12-14(10-20(25)26)21(27)24-15-8-9-18(23)17(22)11-15/h4-9,11,13-14H,3,10,12H2,1-2H3,(H,24,27)/t13-,14+/m0/s1. The number of amides is 2. The Labute approximate surface area is 163 Å². The summed E-state index contributed by atoms with van der Waals surface area (Å²) in [5.41, 5.74) is 2.40. The molecule has 2 atom stereocenters. The maximum atomic E-state index is 13.3. The van der Waals surface area contributed by atoms with E-state index in [1.807, 2.05) is 24.3 Å². The highest BCUT2D eigenvalue weighted by Gasteiger charge is 2.36. The summed E-state index contributed by atoms with van der Waals surface area (Å²) in [5.74, 6) is -1.02. The molecule has 1 fully saturated rings. The Kier molecular flexibility index (Phi) is 5.80. The highest BCUT2D eigenvalue weighted by Crippen LogP contribution is 2.33. The summed E-state index contributed by atoms with van der Waals surface area (Å²) < 4.78 is 13.3. The number of carbonyl (C=O) groups is 2. The van der Waals surface area contributed by atoms with Crippen molar-refractivity contribution in [3.05, 3.63) is 58.9 Å². The van der Waals surface area contributed by atoms with Crippen LogP contribution in [0, 0.1) is 11.7 Å². The van der Waals surface area contributed by atoms with Gasteiger partial charge < -0.3 is 10.2 Å². The number of halogens is 2. The maximum absolute atomic E-state index is 13.3. The van der Waals surface area contributed by atoms with E-state index in [4.69, 9.17) is 11.6 Å². The Morgan fingerprint density at radius 2 is 2.07 bits per heavy atom. The minimum atomic E-state index is -0.543. The molecule has 0 spiro atoms. The van der Waals surface area contributed by atoms with Crippen LogP contribution in [0.3, 0.4) is 0 Å². The van der Waals surface area contributed by atoms with Crippen molar-refractivity contribution >= 4 is 34.8 Å². The van der Waals surface area contributed by atoms with Crippen LogP contribution in [0.25, 0.3) is 0 Å². The first-order valence-electron chi connectivity index (χ1n) is 9.06. The zero-order valence-corrected chi connectivity index (χ0v) is 16.1. The predicted molar refractivity (Wildman–Crippen MR) is 106 cm³/mol. The largest absolute Gasteiger partial charge is 0.326 e. The molecule has 0 aliphatic carbocycles. The van der Waals surface area contributed by atoms with Gasteiger partial charge in [-0.2, -0.15) is 0 Å². The van der Waals surface area contributed by atoms with Gasteiger partial charge in [-0.15, -0.1) is 0 Å². The van der Waals surface area contributed by atoms with Crippen LogP contribution < -0.4 is 10.2 Å². The number of nitrogens with zero attached hydrogens (tertiary/aromatic N) is 1. The van der Waals surface area contributed by atoms with Crippen LogP contribution in [0.2, 0.25) is 5.02 Å². The van der Waals surface area contributed by atoms with Crippen LogP contribution in [0.5, 0.6) is 0 Å². The molecule has 1 saturated heterocycles. The van der Waals surface area contributed by atoms with Gasteiger partial charge in [-0.1, -0.05) is 43.6 Å². The van der Waals surface area contributed by atoms with Gasteiger partial charge in [-0.3, -0.25) is 9.59 Å². The number of benzene rings is 2. The van der Waals surface area contributed by atoms with Gasteiger partial charge in [0, 0.05) is 24.3 Å². The molecule has 3 rings (SSSR count). The smallest absolute Gasteiger partial charge is 0.229 e. The molecule has 1 heterocycles. The number of anilines is 2. The van der Waals surface area contributed by atoms with Crippen LogP contribution in [0.1, 0.15) is 38.2 Å². The third-order valence-electron chi connectivity index (χ3n) is 5.05. The van der Waals surface area contributed by atoms with Crippen molar-refractivity contribution in [3.63, 3.8) is 0 Å². The van der Waals surface area contributed by atoms with Gasteiger partial charge in [-0.05, 0) is 42.2 Å². The zero-order valence-electron chi connectivity index (χ0n) is 15.3. The van der Waals surface area contributed by atoms with Gasteiger partial charge in [0.25, 0.3) is 0 Å². The average molecular weight is 389 g/mol. The van der Waals surface area contributed by atoms with E-state index in [1.165, 1.54) is 18.2 Å². The van der Waals surface area contributed by atoms with Gasteiger partial charge in [-0.25, -0.2) is 4.39 Å². The number of hydrogen-bond acceptors (Lipinski definition) is 2. The first-order valence-corrected chi connectivity index (χ1v) is 9.43. The second kappa shape index (κ2) is 8.09. The molecule has 142 valence electrons. The predicted octanol–water partition coefficient (Wildman–Crippen LogP) is 4.98. The third kappa shape index (κ3) is 4.14. The fourth-order valence-electron chi connectivity index (χ4n) is 3.30. The Balaban J connectivity index is 1.75. The molecule has 1 N–H and O–H groups in total. The molecule has 6 heteroatoms. The van der Waals surface area contributed by atoms with Gasteiger partial charge in [0.05, 0.1) is 10.9 Å². The van der Waals surface area contributed by atoms with Gasteiger partial charge in [0.15, 0.2) is 0 Å². The van der Waals surface area contributed by atoms with E-state index in [9.17, 15) is 14.0 Å². The monoisotopic (exact) mass is 388 g/mol. The molecule has 0 aromatic heterocycles. The highest BCUT2D eigenvalue weighted by molar-refractivity contribution is 6.31. The molecule has 1 aliphatic rings. The first-order chi connectivity index (χ1) is 12.9. The lowest BCUT2D eigenvalue weighted by molar-refractivity contribution is -0.122. The van der Waals surface area contributed by atoms with Crippen molar-refractivity contribution in [1.29, 1.82) is 0 Å². The molecule has 1 aliphatic heterocycles. The second-order valence-corrected chi connectivity index (χ2v) is 7.30. The lowest BCUT2D eigenvalue weighted by atomic mass is 9.96. The van der Waals surface area contributed by atoms with Crippen molar-refractivity contribution < 1.29 is 14.0 Å². The summed E-state index contributed by atoms with van der Waals surface area (Å²) >= 11 is 5.76. The molecular weight excluding hydrogens is 367 g/mol. The summed E-state index contributed by atoms with van der Waals surface area (Å²) in [6, 6.07) is 11.8. The fraction of sp³-hybridized carbons (Fsp3) is 0.333. The molecule has 0 radical (unpaired) electrons. The summed E-state index contributed by atoms with van der Waals surface area (Å²) in [6.07, 6.45) is 1.11. The number of para-hydroxylation sites is 1. The summed E-state index contributed by atoms with van der Waals surface area (Å²) in [6.45, 7) is 4.56. The molecule has 4 nitrogen and oxygen atoms in total. The van der Waals surface area contributed by atoms with Gasteiger partial charge >= 0.3 is 0 Å². The van der Waals surface area contributed by atoms with E-state index in [-0.39, 0.29) is 23.3 Å². The average Bonchev–Trinajstić information content (AvgIpc) is 3.06. The third-order valence-corrected chi connectivity index (χ3v) is 5.34. The Hall–Kier alpha value is -2.40. The Bertz CT molecular complexity index is 871. The molecule has 27 heavy (non-hydrogen) atoms. The number of carbonyl (C=O) groups excluding carboxylic acids is 2. The molecule has 2 aromatic rings. The molecule has 0 saturated carbocycles. The molecule has 0 bridgehead atoms. The van der Waals surface area contributed by atoms with E-state index < -0.39 is 11.7 Å². The van der Waals surface area contributed by atoms with Crippen LogP contribution >= 0.6 is 11.6 Å². The zero-order chi connectivity index (χ0) is 19.6. The number of rotatable bonds is 5. The van der Waals surface area contributed by atoms with Gasteiger partial charge in [0.2, 0.25) is 11.8 Å². The summed E-state index contributed by atoms with van der Waals surface area (Å²) in [4.78, 5) is 26.9. The second-order valence-electron chi connectivity index (χ2n) is 6.89. The van der Waals surface area contributed by atoms with Crippen LogP contribution in [0.15, 0.2) is 42.5 Å². The van der Waals surface area contributed by atoms with E-state index in [2.05, 4.69) is 19.2 Å². The van der Waals surface area contributed by atoms with Gasteiger partial charge in [0.1, 0.15) is 5.82 Å². The molecule has 2 aromatic carbocycles. The van der Waals surface area contributed by atoms with Crippen LogP contribution in [-0.4, -0.2) is 18.4 Å². The van der Waals surface area contributed by atoms with E-state index in [1.54, 1.807) is 4.90 Å². The van der Waals surface area contributed by atoms with Crippen molar-refractivity contribution in [2.24, 2.45) is 5.92 Å². The Morgan fingerprint density at radius 1 is 1.33 bits per heavy atom. The Morgan fingerprint density at radius 3 is 2.78 bits per heavy atom. The normalized spacial score (nSPS) is 17.9. The summed E-state index contributed by atoms with van der Waals surface area (Å²) in [5, 5.41) is 2.67. The van der Waals surface area contributed by atoms with E-state index >= 15 is 0 Å². The van der Waals surface area contributed by atoms with Crippen LogP contribution in [-0.2, 0) is 9.59 Å². The highest BCUT2D eigenvalue weighted by atomic mass is 35.5. The van der Waals surface area contributed by atoms with E-state index in [0.29, 0.717) is 18.2 Å². The lowest BCUT2D eigenvalue weighted by Crippen LogP contribution is -2.29. The summed E-state index contributed by atoms with van der Waals surface area (Å²) in [7, 11) is 0. The minimum absolute atomic E-state index is 0.0561. The van der Waals surface area contributed by atoms with Crippen molar-refractivity contribution in [1.82, 2.24) is 0 Å². The SMILES string of the molecule is CC[C@H](C)c1ccccc1N1C[C@H](C(=O)Nc2ccc(F)c(Cl)c2)CC1=O. The van der Waals surface area contributed by atoms with Crippen molar-refractivity contribution in [3.8, 4) is 0 Å². The molecule has 2 amide bonds. The molecular formula is C21H22ClFN2O2. The minimum Gasteiger partial charge on any atom is -0.326 e. The van der Waals surface area contributed by atoms with Crippen LogP contribution in [0.4, 0.5) is 15.8 Å². The maximum Gasteiger partial charge on any atom is 0.229 e. The quantitative estimate of drug-likeness (QED) is 0.784. The first kappa shape index (κ1) is 19.4. The fourth-order valence-corrected chi connectivity index (χ4v) is 3.48.